The highest BCUT2D eigenvalue weighted by atomic mass is 32.1. The predicted octanol–water partition coefficient (Wildman–Crippen LogP) is 4.31. The van der Waals surface area contributed by atoms with Crippen LogP contribution in [0, 0.1) is 0 Å². The van der Waals surface area contributed by atoms with Crippen LogP contribution in [0.3, 0.4) is 0 Å². The number of thiazole rings is 1. The molecule has 1 saturated heterocycles. The number of amides is 1. The topological polar surface area (TPSA) is 58.6 Å². The Balaban J connectivity index is 1.34. The number of hydrogen-bond acceptors (Lipinski definition) is 6. The van der Waals surface area contributed by atoms with Crippen molar-refractivity contribution in [3.05, 3.63) is 65.3 Å². The number of aromatic nitrogens is 2. The van der Waals surface area contributed by atoms with E-state index in [4.69, 9.17) is 4.74 Å². The lowest BCUT2D eigenvalue weighted by molar-refractivity contribution is -0.137. The first kappa shape index (κ1) is 20.1. The summed E-state index contributed by atoms with van der Waals surface area (Å²) in [6.45, 7) is 1.91. The Hall–Kier alpha value is -3.14. The first-order valence-corrected chi connectivity index (χ1v) is 10.0. The monoisotopic (exact) mass is 434 g/mol. The van der Waals surface area contributed by atoms with Crippen LogP contribution in [0.4, 0.5) is 19.0 Å². The molecule has 30 heavy (non-hydrogen) atoms. The summed E-state index contributed by atoms with van der Waals surface area (Å²) in [5, 5.41) is 2.34. The Labute approximate surface area is 174 Å². The zero-order valence-corrected chi connectivity index (χ0v) is 16.5. The van der Waals surface area contributed by atoms with E-state index in [0.29, 0.717) is 48.5 Å². The standard InChI is InChI=1S/C20H17F3N4O2S/c21-20(22,23)15-3-6-17(25-13-15)26-8-10-27(11-9-26)18(28)14-1-4-16(5-2-14)29-19-24-7-12-30-19/h1-7,12-13H,8-11H2. The average Bonchev–Trinajstić information content (AvgIpc) is 3.26. The van der Waals surface area contributed by atoms with Gasteiger partial charge in [0.15, 0.2) is 0 Å². The molecule has 0 spiro atoms. The largest absolute Gasteiger partial charge is 0.431 e. The van der Waals surface area contributed by atoms with Gasteiger partial charge in [0.25, 0.3) is 11.1 Å². The van der Waals surface area contributed by atoms with Crippen molar-refractivity contribution < 1.29 is 22.7 Å². The van der Waals surface area contributed by atoms with Crippen LogP contribution < -0.4 is 9.64 Å². The Morgan fingerprint density at radius 3 is 2.30 bits per heavy atom. The first-order chi connectivity index (χ1) is 14.4. The van der Waals surface area contributed by atoms with Crippen LogP contribution in [0.15, 0.2) is 54.2 Å². The number of pyridine rings is 1. The molecule has 1 fully saturated rings. The molecule has 6 nitrogen and oxygen atoms in total. The molecule has 1 aliphatic heterocycles. The fourth-order valence-electron chi connectivity index (χ4n) is 3.09. The van der Waals surface area contributed by atoms with E-state index in [0.717, 1.165) is 12.3 Å². The molecule has 0 unspecified atom stereocenters. The molecule has 0 atom stereocenters. The van der Waals surface area contributed by atoms with Gasteiger partial charge in [0.05, 0.1) is 5.56 Å². The molecule has 1 amide bonds. The van der Waals surface area contributed by atoms with Gasteiger partial charge in [0, 0.05) is 49.5 Å². The molecular formula is C20H17F3N4O2S. The van der Waals surface area contributed by atoms with Crippen LogP contribution in [0.1, 0.15) is 15.9 Å². The fraction of sp³-hybridized carbons (Fsp3) is 0.250. The van der Waals surface area contributed by atoms with E-state index < -0.39 is 11.7 Å². The first-order valence-electron chi connectivity index (χ1n) is 9.15. The predicted molar refractivity (Wildman–Crippen MR) is 106 cm³/mol. The number of hydrogen-bond donors (Lipinski definition) is 0. The molecule has 4 rings (SSSR count). The van der Waals surface area contributed by atoms with Gasteiger partial charge < -0.3 is 14.5 Å². The van der Waals surface area contributed by atoms with Crippen molar-refractivity contribution in [2.45, 2.75) is 6.18 Å². The highest BCUT2D eigenvalue weighted by molar-refractivity contribution is 7.11. The maximum absolute atomic E-state index is 12.7. The minimum Gasteiger partial charge on any atom is -0.431 e. The number of nitrogens with zero attached hydrogens (tertiary/aromatic N) is 4. The molecule has 0 aliphatic carbocycles. The van der Waals surface area contributed by atoms with Crippen LogP contribution in [-0.2, 0) is 6.18 Å². The van der Waals surface area contributed by atoms with Crippen molar-refractivity contribution in [2.24, 2.45) is 0 Å². The van der Waals surface area contributed by atoms with Crippen molar-refractivity contribution in [2.75, 3.05) is 31.1 Å². The van der Waals surface area contributed by atoms with Crippen LogP contribution in [0.2, 0.25) is 0 Å². The van der Waals surface area contributed by atoms with E-state index in [1.54, 1.807) is 35.4 Å². The lowest BCUT2D eigenvalue weighted by Gasteiger charge is -2.35. The van der Waals surface area contributed by atoms with Gasteiger partial charge in [0.2, 0.25) is 0 Å². The number of carbonyl (C=O) groups excluding carboxylic acids is 1. The molecular weight excluding hydrogens is 417 g/mol. The summed E-state index contributed by atoms with van der Waals surface area (Å²) in [4.78, 5) is 24.3. The van der Waals surface area contributed by atoms with Crippen molar-refractivity contribution in [1.29, 1.82) is 0 Å². The number of rotatable bonds is 4. The summed E-state index contributed by atoms with van der Waals surface area (Å²) in [6.07, 6.45) is -1.92. The van der Waals surface area contributed by atoms with Gasteiger partial charge >= 0.3 is 6.18 Å². The SMILES string of the molecule is O=C(c1ccc(Oc2nccs2)cc1)N1CCN(c2ccc(C(F)(F)F)cn2)CC1. The summed E-state index contributed by atoms with van der Waals surface area (Å²) >= 11 is 1.38. The summed E-state index contributed by atoms with van der Waals surface area (Å²) < 4.78 is 43.6. The maximum Gasteiger partial charge on any atom is 0.417 e. The van der Waals surface area contributed by atoms with Crippen molar-refractivity contribution >= 4 is 23.1 Å². The highest BCUT2D eigenvalue weighted by Gasteiger charge is 2.31. The Kier molecular flexibility index (Phi) is 5.58. The zero-order valence-electron chi connectivity index (χ0n) is 15.7. The lowest BCUT2D eigenvalue weighted by Crippen LogP contribution is -2.49. The van der Waals surface area contributed by atoms with Gasteiger partial charge in [-0.2, -0.15) is 13.2 Å². The van der Waals surface area contributed by atoms with Crippen LogP contribution in [0.5, 0.6) is 10.9 Å². The third kappa shape index (κ3) is 4.54. The quantitative estimate of drug-likeness (QED) is 0.613. The van der Waals surface area contributed by atoms with Gasteiger partial charge in [0.1, 0.15) is 11.6 Å². The van der Waals surface area contributed by atoms with E-state index >= 15 is 0 Å². The normalized spacial score (nSPS) is 14.6. The lowest BCUT2D eigenvalue weighted by atomic mass is 10.1. The summed E-state index contributed by atoms with van der Waals surface area (Å²) in [6, 6.07) is 9.23. The van der Waals surface area contributed by atoms with Gasteiger partial charge in [-0.05, 0) is 36.4 Å². The molecule has 1 aromatic carbocycles. The Bertz CT molecular complexity index is 984. The number of ether oxygens (including phenoxy) is 1. The minimum absolute atomic E-state index is 0.101. The van der Waals surface area contributed by atoms with Crippen LogP contribution >= 0.6 is 11.3 Å². The molecule has 0 radical (unpaired) electrons. The van der Waals surface area contributed by atoms with E-state index in [1.807, 2.05) is 10.3 Å². The Morgan fingerprint density at radius 2 is 1.73 bits per heavy atom. The third-order valence-corrected chi connectivity index (χ3v) is 5.33. The van der Waals surface area contributed by atoms with E-state index in [2.05, 4.69) is 9.97 Å². The molecule has 1 aliphatic rings. The zero-order chi connectivity index (χ0) is 21.1. The Morgan fingerprint density at radius 1 is 1.00 bits per heavy atom. The van der Waals surface area contributed by atoms with Crippen molar-refractivity contribution in [3.63, 3.8) is 0 Å². The van der Waals surface area contributed by atoms with Crippen molar-refractivity contribution in [1.82, 2.24) is 14.9 Å². The van der Waals surface area contributed by atoms with Crippen LogP contribution in [0.25, 0.3) is 0 Å². The number of anilines is 1. The summed E-state index contributed by atoms with van der Waals surface area (Å²) in [5.41, 5.74) is -0.232. The number of alkyl halides is 3. The fourth-order valence-corrected chi connectivity index (χ4v) is 3.59. The second-order valence-corrected chi connectivity index (χ2v) is 7.46. The molecule has 3 heterocycles. The van der Waals surface area contributed by atoms with E-state index in [-0.39, 0.29) is 5.91 Å². The summed E-state index contributed by atoms with van der Waals surface area (Å²) in [5.74, 6) is 0.967. The summed E-state index contributed by atoms with van der Waals surface area (Å²) in [7, 11) is 0. The smallest absolute Gasteiger partial charge is 0.417 e. The number of piperazine rings is 1. The molecule has 0 bridgehead atoms. The molecule has 2 aromatic heterocycles. The number of halogens is 3. The third-order valence-electron chi connectivity index (χ3n) is 4.68. The molecule has 0 saturated carbocycles. The number of carbonyl (C=O) groups is 1. The molecule has 0 N–H and O–H groups in total. The van der Waals surface area contributed by atoms with Gasteiger partial charge in [-0.3, -0.25) is 4.79 Å². The number of benzene rings is 1. The second kappa shape index (κ2) is 8.31. The minimum atomic E-state index is -4.41. The maximum atomic E-state index is 12.7. The van der Waals surface area contributed by atoms with Crippen molar-refractivity contribution in [3.8, 4) is 10.9 Å². The van der Waals surface area contributed by atoms with Gasteiger partial charge in [-0.15, -0.1) is 0 Å². The van der Waals surface area contributed by atoms with Crippen LogP contribution in [-0.4, -0.2) is 47.0 Å². The average molecular weight is 434 g/mol. The molecule has 3 aromatic rings. The van der Waals surface area contributed by atoms with Gasteiger partial charge in [-0.1, -0.05) is 11.3 Å². The highest BCUT2D eigenvalue weighted by Crippen LogP contribution is 2.29. The molecule has 10 heteroatoms. The van der Waals surface area contributed by atoms with E-state index in [9.17, 15) is 18.0 Å². The van der Waals surface area contributed by atoms with E-state index in [1.165, 1.54) is 17.4 Å². The second-order valence-electron chi connectivity index (χ2n) is 6.61. The van der Waals surface area contributed by atoms with Gasteiger partial charge in [-0.25, -0.2) is 9.97 Å². The molecule has 156 valence electrons.